The smallest absolute Gasteiger partial charge is 0.0890 e. The van der Waals surface area contributed by atoms with Gasteiger partial charge >= 0.3 is 0 Å². The molecule has 1 N–H and O–H groups in total. The molecular formula is C11H12Cl2O2. The fourth-order valence-electron chi connectivity index (χ4n) is 1.90. The Morgan fingerprint density at radius 2 is 2.20 bits per heavy atom. The van der Waals surface area contributed by atoms with Crippen LogP contribution in [0.25, 0.3) is 0 Å². The molecule has 2 rings (SSSR count). The molecule has 82 valence electrons. The maximum Gasteiger partial charge on any atom is 0.0890 e. The predicted octanol–water partition coefficient (Wildman–Crippen LogP) is 3.06. The molecule has 15 heavy (non-hydrogen) atoms. The number of hydrogen-bond acceptors (Lipinski definition) is 2. The number of aliphatic hydroxyl groups is 1. The van der Waals surface area contributed by atoms with Gasteiger partial charge in [-0.3, -0.25) is 0 Å². The van der Waals surface area contributed by atoms with Crippen molar-refractivity contribution in [2.75, 3.05) is 13.2 Å². The van der Waals surface area contributed by atoms with E-state index in [1.54, 1.807) is 6.07 Å². The van der Waals surface area contributed by atoms with Crippen LogP contribution in [0.4, 0.5) is 0 Å². The number of aliphatic hydroxyl groups excluding tert-OH is 1. The van der Waals surface area contributed by atoms with Gasteiger partial charge in [-0.15, -0.1) is 0 Å². The van der Waals surface area contributed by atoms with Crippen LogP contribution in [-0.2, 0) is 4.74 Å². The quantitative estimate of drug-likeness (QED) is 0.870. The van der Waals surface area contributed by atoms with Crippen LogP contribution in [-0.4, -0.2) is 18.3 Å². The van der Waals surface area contributed by atoms with Gasteiger partial charge in [0.05, 0.1) is 16.1 Å². The average Bonchev–Trinajstić information content (AvgIpc) is 2.70. The van der Waals surface area contributed by atoms with E-state index >= 15 is 0 Å². The minimum absolute atomic E-state index is 0.119. The van der Waals surface area contributed by atoms with Crippen LogP contribution in [0.1, 0.15) is 18.1 Å². The number of halogens is 2. The van der Waals surface area contributed by atoms with Gasteiger partial charge in [0, 0.05) is 24.7 Å². The average molecular weight is 247 g/mol. The lowest BCUT2D eigenvalue weighted by molar-refractivity contribution is 0.0721. The molecule has 1 aliphatic heterocycles. The molecule has 1 fully saturated rings. The molecule has 0 aromatic heterocycles. The molecule has 1 aromatic rings. The van der Waals surface area contributed by atoms with Crippen molar-refractivity contribution in [3.8, 4) is 0 Å². The molecular weight excluding hydrogens is 235 g/mol. The van der Waals surface area contributed by atoms with Crippen LogP contribution in [0.2, 0.25) is 10.0 Å². The van der Waals surface area contributed by atoms with Crippen molar-refractivity contribution in [1.82, 2.24) is 0 Å². The molecule has 1 heterocycles. The van der Waals surface area contributed by atoms with E-state index in [-0.39, 0.29) is 18.6 Å². The van der Waals surface area contributed by atoms with Crippen LogP contribution in [0, 0.1) is 5.92 Å². The predicted molar refractivity (Wildman–Crippen MR) is 60.3 cm³/mol. The van der Waals surface area contributed by atoms with Gasteiger partial charge in [-0.1, -0.05) is 35.3 Å². The number of hydrogen-bond donors (Lipinski definition) is 1. The Morgan fingerprint density at radius 1 is 1.40 bits per heavy atom. The van der Waals surface area contributed by atoms with E-state index in [1.165, 1.54) is 0 Å². The lowest BCUT2D eigenvalue weighted by Gasteiger charge is -2.18. The first-order valence-corrected chi connectivity index (χ1v) is 5.66. The summed E-state index contributed by atoms with van der Waals surface area (Å²) in [7, 11) is 0. The second-order valence-electron chi connectivity index (χ2n) is 3.67. The molecule has 0 aliphatic carbocycles. The topological polar surface area (TPSA) is 29.5 Å². The van der Waals surface area contributed by atoms with E-state index in [2.05, 4.69) is 0 Å². The molecule has 0 bridgehead atoms. The van der Waals surface area contributed by atoms with Gasteiger partial charge in [-0.05, 0) is 12.5 Å². The third-order valence-corrected chi connectivity index (χ3v) is 3.57. The summed E-state index contributed by atoms with van der Waals surface area (Å²) in [5.41, 5.74) is 0.876. The standard InChI is InChI=1S/C11H12Cl2O2/c12-9-3-1-2-8(10(9)13)11-7(6-14)4-5-15-11/h1-3,7,11,14H,4-6H2. The highest BCUT2D eigenvalue weighted by molar-refractivity contribution is 6.42. The van der Waals surface area contributed by atoms with E-state index in [1.807, 2.05) is 12.1 Å². The van der Waals surface area contributed by atoms with Gasteiger partial charge in [0.25, 0.3) is 0 Å². The highest BCUT2D eigenvalue weighted by Crippen LogP contribution is 2.39. The maximum absolute atomic E-state index is 9.20. The molecule has 1 aliphatic rings. The zero-order valence-corrected chi connectivity index (χ0v) is 9.63. The van der Waals surface area contributed by atoms with Gasteiger partial charge in [-0.25, -0.2) is 0 Å². The Hall–Kier alpha value is -0.280. The van der Waals surface area contributed by atoms with E-state index < -0.39 is 0 Å². The summed E-state index contributed by atoms with van der Waals surface area (Å²) in [6, 6.07) is 5.49. The van der Waals surface area contributed by atoms with Crippen molar-refractivity contribution in [3.05, 3.63) is 33.8 Å². The van der Waals surface area contributed by atoms with Crippen molar-refractivity contribution in [1.29, 1.82) is 0 Å². The van der Waals surface area contributed by atoms with E-state index in [0.717, 1.165) is 12.0 Å². The molecule has 0 amide bonds. The Morgan fingerprint density at radius 3 is 2.93 bits per heavy atom. The Bertz CT molecular complexity index is 354. The summed E-state index contributed by atoms with van der Waals surface area (Å²) in [5, 5.41) is 10.3. The number of benzene rings is 1. The first-order chi connectivity index (χ1) is 7.24. The van der Waals surface area contributed by atoms with Gasteiger partial charge < -0.3 is 9.84 Å². The molecule has 1 saturated heterocycles. The Kier molecular flexibility index (Phi) is 3.52. The van der Waals surface area contributed by atoms with Crippen molar-refractivity contribution in [2.45, 2.75) is 12.5 Å². The summed E-state index contributed by atoms with van der Waals surface area (Å²) >= 11 is 12.0. The summed E-state index contributed by atoms with van der Waals surface area (Å²) in [6.45, 7) is 0.784. The molecule has 1 aromatic carbocycles. The number of ether oxygens (including phenoxy) is 1. The van der Waals surface area contributed by atoms with Gasteiger partial charge in [0.1, 0.15) is 0 Å². The lowest BCUT2D eigenvalue weighted by Crippen LogP contribution is -2.11. The second kappa shape index (κ2) is 4.71. The molecule has 0 spiro atoms. The summed E-state index contributed by atoms with van der Waals surface area (Å²) < 4.78 is 5.58. The van der Waals surface area contributed by atoms with E-state index in [4.69, 9.17) is 27.9 Å². The van der Waals surface area contributed by atoms with E-state index in [9.17, 15) is 5.11 Å². The fraction of sp³-hybridized carbons (Fsp3) is 0.455. The normalized spacial score (nSPS) is 25.8. The molecule has 0 radical (unpaired) electrons. The van der Waals surface area contributed by atoms with Gasteiger partial charge in [0.15, 0.2) is 0 Å². The Balaban J connectivity index is 2.32. The van der Waals surface area contributed by atoms with Crippen LogP contribution in [0.3, 0.4) is 0 Å². The molecule has 0 saturated carbocycles. The summed E-state index contributed by atoms with van der Waals surface area (Å²) in [4.78, 5) is 0. The summed E-state index contributed by atoms with van der Waals surface area (Å²) in [5.74, 6) is 0.126. The maximum atomic E-state index is 9.20. The third kappa shape index (κ3) is 2.13. The largest absolute Gasteiger partial charge is 0.396 e. The van der Waals surface area contributed by atoms with Crippen molar-refractivity contribution < 1.29 is 9.84 Å². The minimum atomic E-state index is -0.124. The molecule has 2 nitrogen and oxygen atoms in total. The van der Waals surface area contributed by atoms with Crippen LogP contribution < -0.4 is 0 Å². The minimum Gasteiger partial charge on any atom is -0.396 e. The van der Waals surface area contributed by atoms with Crippen LogP contribution >= 0.6 is 23.2 Å². The SMILES string of the molecule is OCC1CCOC1c1cccc(Cl)c1Cl. The Labute approximate surface area is 98.8 Å². The van der Waals surface area contributed by atoms with Crippen molar-refractivity contribution in [2.24, 2.45) is 5.92 Å². The van der Waals surface area contributed by atoms with E-state index in [0.29, 0.717) is 16.7 Å². The zero-order valence-electron chi connectivity index (χ0n) is 8.12. The highest BCUT2D eigenvalue weighted by atomic mass is 35.5. The number of rotatable bonds is 2. The lowest BCUT2D eigenvalue weighted by atomic mass is 9.96. The van der Waals surface area contributed by atoms with Gasteiger partial charge in [-0.2, -0.15) is 0 Å². The first-order valence-electron chi connectivity index (χ1n) is 4.90. The zero-order chi connectivity index (χ0) is 10.8. The molecule has 4 heteroatoms. The van der Waals surface area contributed by atoms with Gasteiger partial charge in [0.2, 0.25) is 0 Å². The molecule has 2 unspecified atom stereocenters. The van der Waals surface area contributed by atoms with Crippen molar-refractivity contribution in [3.63, 3.8) is 0 Å². The summed E-state index contributed by atoms with van der Waals surface area (Å²) in [6.07, 6.45) is 0.741. The van der Waals surface area contributed by atoms with Crippen LogP contribution in [0.15, 0.2) is 18.2 Å². The first kappa shape index (κ1) is 11.2. The fourth-order valence-corrected chi connectivity index (χ4v) is 2.32. The van der Waals surface area contributed by atoms with Crippen molar-refractivity contribution >= 4 is 23.2 Å². The van der Waals surface area contributed by atoms with Crippen LogP contribution in [0.5, 0.6) is 0 Å². The third-order valence-electron chi connectivity index (χ3n) is 2.74. The second-order valence-corrected chi connectivity index (χ2v) is 4.45. The highest BCUT2D eigenvalue weighted by Gasteiger charge is 2.30. The monoisotopic (exact) mass is 246 g/mol. The molecule has 2 atom stereocenters.